The van der Waals surface area contributed by atoms with E-state index < -0.39 is 0 Å². The standard InChI is InChI=1S/C22H23NO2/c1-22(2)15-17(14-19(24)16-22)12-13-23-18-8-10-21(11-9-18)25-20-6-4-3-5-7-20/h3-14,23H,15-16H2,1-2H3/b13-12+. The quantitative estimate of drug-likeness (QED) is 0.760. The fourth-order valence-electron chi connectivity index (χ4n) is 2.99. The summed E-state index contributed by atoms with van der Waals surface area (Å²) in [5.41, 5.74) is 2.08. The van der Waals surface area contributed by atoms with E-state index in [9.17, 15) is 4.79 Å². The molecule has 25 heavy (non-hydrogen) atoms. The van der Waals surface area contributed by atoms with Gasteiger partial charge in [0.1, 0.15) is 11.5 Å². The Morgan fingerprint density at radius 2 is 1.64 bits per heavy atom. The first-order valence-electron chi connectivity index (χ1n) is 8.50. The van der Waals surface area contributed by atoms with Gasteiger partial charge in [-0.2, -0.15) is 0 Å². The van der Waals surface area contributed by atoms with Crippen molar-refractivity contribution in [3.8, 4) is 11.5 Å². The predicted molar refractivity (Wildman–Crippen MR) is 102 cm³/mol. The largest absolute Gasteiger partial charge is 0.457 e. The zero-order valence-electron chi connectivity index (χ0n) is 14.7. The van der Waals surface area contributed by atoms with Crippen LogP contribution in [0.5, 0.6) is 11.5 Å². The van der Waals surface area contributed by atoms with Crippen LogP contribution in [-0.4, -0.2) is 5.78 Å². The predicted octanol–water partition coefficient (Wildman–Crippen LogP) is 5.72. The average molecular weight is 333 g/mol. The van der Waals surface area contributed by atoms with E-state index in [0.717, 1.165) is 29.2 Å². The second kappa shape index (κ2) is 7.39. The zero-order chi connectivity index (χ0) is 17.7. The van der Waals surface area contributed by atoms with Crippen LogP contribution in [0.4, 0.5) is 5.69 Å². The van der Waals surface area contributed by atoms with E-state index in [4.69, 9.17) is 4.74 Å². The molecule has 0 saturated carbocycles. The van der Waals surface area contributed by atoms with Crippen molar-refractivity contribution in [1.29, 1.82) is 0 Å². The van der Waals surface area contributed by atoms with Crippen molar-refractivity contribution in [1.82, 2.24) is 0 Å². The van der Waals surface area contributed by atoms with Gasteiger partial charge in [-0.15, -0.1) is 0 Å². The van der Waals surface area contributed by atoms with Crippen molar-refractivity contribution in [3.63, 3.8) is 0 Å². The highest BCUT2D eigenvalue weighted by Gasteiger charge is 2.26. The van der Waals surface area contributed by atoms with E-state index in [1.807, 2.05) is 66.9 Å². The Kier molecular flexibility index (Phi) is 5.03. The van der Waals surface area contributed by atoms with Gasteiger partial charge in [-0.05, 0) is 66.0 Å². The molecule has 0 aromatic heterocycles. The smallest absolute Gasteiger partial charge is 0.156 e. The van der Waals surface area contributed by atoms with Crippen LogP contribution in [0.15, 0.2) is 78.5 Å². The van der Waals surface area contributed by atoms with Gasteiger partial charge < -0.3 is 10.1 Å². The summed E-state index contributed by atoms with van der Waals surface area (Å²) in [4.78, 5) is 11.8. The maximum absolute atomic E-state index is 11.8. The number of hydrogen-bond donors (Lipinski definition) is 1. The second-order valence-electron chi connectivity index (χ2n) is 7.12. The monoisotopic (exact) mass is 333 g/mol. The molecule has 0 amide bonds. The van der Waals surface area contributed by atoms with Gasteiger partial charge in [0.15, 0.2) is 5.78 Å². The molecule has 1 N–H and O–H groups in total. The molecule has 1 aliphatic carbocycles. The van der Waals surface area contributed by atoms with Gasteiger partial charge in [0, 0.05) is 18.3 Å². The topological polar surface area (TPSA) is 38.3 Å². The Balaban J connectivity index is 1.58. The molecule has 0 radical (unpaired) electrons. The third kappa shape index (κ3) is 5.08. The summed E-state index contributed by atoms with van der Waals surface area (Å²) in [6.45, 7) is 4.26. The molecule has 0 aliphatic heterocycles. The average Bonchev–Trinajstić information content (AvgIpc) is 2.56. The molecule has 0 spiro atoms. The Morgan fingerprint density at radius 1 is 0.960 bits per heavy atom. The van der Waals surface area contributed by atoms with Crippen molar-refractivity contribution in [2.24, 2.45) is 5.41 Å². The summed E-state index contributed by atoms with van der Waals surface area (Å²) >= 11 is 0. The van der Waals surface area contributed by atoms with Crippen LogP contribution in [0.2, 0.25) is 0 Å². The molecule has 3 rings (SSSR count). The number of allylic oxidation sites excluding steroid dienone is 3. The van der Waals surface area contributed by atoms with Crippen LogP contribution in [0, 0.1) is 5.41 Å². The van der Waals surface area contributed by atoms with Gasteiger partial charge in [0.25, 0.3) is 0 Å². The van der Waals surface area contributed by atoms with Gasteiger partial charge in [0.2, 0.25) is 0 Å². The van der Waals surface area contributed by atoms with Gasteiger partial charge in [-0.1, -0.05) is 32.0 Å². The third-order valence-electron chi connectivity index (χ3n) is 4.06. The summed E-state index contributed by atoms with van der Waals surface area (Å²) in [6.07, 6.45) is 7.16. The third-order valence-corrected chi connectivity index (χ3v) is 4.06. The first-order chi connectivity index (χ1) is 12.0. The molecule has 2 aromatic rings. The molecule has 3 nitrogen and oxygen atoms in total. The molecular formula is C22H23NO2. The highest BCUT2D eigenvalue weighted by atomic mass is 16.5. The first kappa shape index (κ1) is 17.0. The van der Waals surface area contributed by atoms with Gasteiger partial charge >= 0.3 is 0 Å². The minimum Gasteiger partial charge on any atom is -0.457 e. The van der Waals surface area contributed by atoms with Crippen molar-refractivity contribution in [2.75, 3.05) is 5.32 Å². The molecule has 0 unspecified atom stereocenters. The number of ether oxygens (including phenoxy) is 1. The van der Waals surface area contributed by atoms with E-state index >= 15 is 0 Å². The Bertz CT molecular complexity index is 787. The lowest BCUT2D eigenvalue weighted by Crippen LogP contribution is -2.21. The van der Waals surface area contributed by atoms with Crippen LogP contribution in [0.1, 0.15) is 26.7 Å². The van der Waals surface area contributed by atoms with Crippen LogP contribution in [-0.2, 0) is 4.79 Å². The highest BCUT2D eigenvalue weighted by Crippen LogP contribution is 2.34. The number of hydrogen-bond acceptors (Lipinski definition) is 3. The molecule has 128 valence electrons. The maximum atomic E-state index is 11.8. The van der Waals surface area contributed by atoms with E-state index in [-0.39, 0.29) is 11.2 Å². The number of benzene rings is 2. The first-order valence-corrected chi connectivity index (χ1v) is 8.50. The second-order valence-corrected chi connectivity index (χ2v) is 7.12. The number of carbonyl (C=O) groups is 1. The lowest BCUT2D eigenvalue weighted by molar-refractivity contribution is -0.116. The zero-order valence-corrected chi connectivity index (χ0v) is 14.7. The molecule has 2 aromatic carbocycles. The minimum atomic E-state index is 0.0436. The molecule has 0 heterocycles. The highest BCUT2D eigenvalue weighted by molar-refractivity contribution is 5.92. The summed E-state index contributed by atoms with van der Waals surface area (Å²) in [7, 11) is 0. The molecule has 3 heteroatoms. The van der Waals surface area contributed by atoms with Crippen LogP contribution >= 0.6 is 0 Å². The van der Waals surface area contributed by atoms with Crippen molar-refractivity contribution >= 4 is 11.5 Å². The molecule has 0 bridgehead atoms. The van der Waals surface area contributed by atoms with Crippen molar-refractivity contribution < 1.29 is 9.53 Å². The Labute approximate surface area is 149 Å². The van der Waals surface area contributed by atoms with E-state index in [1.165, 1.54) is 0 Å². The SMILES string of the molecule is CC1(C)CC(=O)C=C(/C=C/Nc2ccc(Oc3ccccc3)cc2)C1. The Hall–Kier alpha value is -2.81. The maximum Gasteiger partial charge on any atom is 0.156 e. The van der Waals surface area contributed by atoms with Gasteiger partial charge in [-0.25, -0.2) is 0 Å². The van der Waals surface area contributed by atoms with E-state index in [0.29, 0.717) is 6.42 Å². The number of anilines is 1. The summed E-state index contributed by atoms with van der Waals surface area (Å²) in [6, 6.07) is 17.5. The Morgan fingerprint density at radius 3 is 2.32 bits per heavy atom. The number of para-hydroxylation sites is 1. The van der Waals surface area contributed by atoms with Crippen molar-refractivity contribution in [3.05, 3.63) is 78.5 Å². The van der Waals surface area contributed by atoms with Gasteiger partial charge in [-0.3, -0.25) is 4.79 Å². The number of rotatable bonds is 5. The van der Waals surface area contributed by atoms with Gasteiger partial charge in [0.05, 0.1) is 0 Å². The molecule has 1 aliphatic rings. The summed E-state index contributed by atoms with van der Waals surface area (Å²) in [5, 5.41) is 3.24. The van der Waals surface area contributed by atoms with Crippen LogP contribution in [0.25, 0.3) is 0 Å². The molecule has 0 saturated heterocycles. The molecule has 0 atom stereocenters. The van der Waals surface area contributed by atoms with E-state index in [2.05, 4.69) is 19.2 Å². The number of ketones is 1. The molecular weight excluding hydrogens is 310 g/mol. The summed E-state index contributed by atoms with van der Waals surface area (Å²) in [5.74, 6) is 1.82. The number of carbonyl (C=O) groups excluding carboxylic acids is 1. The van der Waals surface area contributed by atoms with Crippen LogP contribution < -0.4 is 10.1 Å². The fourth-order valence-corrected chi connectivity index (χ4v) is 2.99. The minimum absolute atomic E-state index is 0.0436. The van der Waals surface area contributed by atoms with Crippen molar-refractivity contribution in [2.45, 2.75) is 26.7 Å². The normalized spacial score (nSPS) is 16.6. The molecule has 0 fully saturated rings. The lowest BCUT2D eigenvalue weighted by atomic mass is 9.77. The fraction of sp³-hybridized carbons (Fsp3) is 0.227. The van der Waals surface area contributed by atoms with Crippen LogP contribution in [0.3, 0.4) is 0 Å². The lowest BCUT2D eigenvalue weighted by Gasteiger charge is -2.27. The van der Waals surface area contributed by atoms with E-state index in [1.54, 1.807) is 6.08 Å². The summed E-state index contributed by atoms with van der Waals surface area (Å²) < 4.78 is 5.78. The number of nitrogens with one attached hydrogen (secondary N) is 1.